The van der Waals surface area contributed by atoms with Gasteiger partial charge in [0.25, 0.3) is 0 Å². The van der Waals surface area contributed by atoms with E-state index in [9.17, 15) is 4.79 Å². The quantitative estimate of drug-likeness (QED) is 0.762. The molecule has 0 aromatic carbocycles. The number of esters is 1. The van der Waals surface area contributed by atoms with E-state index in [-0.39, 0.29) is 18.1 Å². The van der Waals surface area contributed by atoms with Gasteiger partial charge in [-0.3, -0.25) is 5.32 Å². The normalized spacial score (nSPS) is 30.1. The molecule has 0 amide bonds. The molecule has 0 aromatic heterocycles. The summed E-state index contributed by atoms with van der Waals surface area (Å²) in [5.74, 6) is 1.20. The van der Waals surface area contributed by atoms with Crippen LogP contribution in [0.1, 0.15) is 53.9 Å². The van der Waals surface area contributed by atoms with Gasteiger partial charge in [0.15, 0.2) is 0 Å². The van der Waals surface area contributed by atoms with Gasteiger partial charge in [0.05, 0.1) is 19.8 Å². The maximum atomic E-state index is 12.0. The van der Waals surface area contributed by atoms with Crippen LogP contribution in [-0.2, 0) is 14.3 Å². The fraction of sp³-hybridized carbons (Fsp3) is 0.938. The number of nitrogens with one attached hydrogen (secondary N) is 1. The van der Waals surface area contributed by atoms with E-state index < -0.39 is 5.54 Å². The Labute approximate surface area is 123 Å². The van der Waals surface area contributed by atoms with Crippen molar-refractivity contribution in [2.75, 3.05) is 13.7 Å². The summed E-state index contributed by atoms with van der Waals surface area (Å²) >= 11 is 0. The van der Waals surface area contributed by atoms with E-state index in [4.69, 9.17) is 9.47 Å². The third-order valence-corrected chi connectivity index (χ3v) is 4.40. The Balaban J connectivity index is 2.56. The van der Waals surface area contributed by atoms with E-state index in [1.54, 1.807) is 0 Å². The number of methoxy groups -OCH3 is 1. The van der Waals surface area contributed by atoms with Gasteiger partial charge in [-0.2, -0.15) is 0 Å². The molecule has 1 saturated carbocycles. The van der Waals surface area contributed by atoms with Gasteiger partial charge in [-0.05, 0) is 51.9 Å². The zero-order valence-corrected chi connectivity index (χ0v) is 13.9. The van der Waals surface area contributed by atoms with Gasteiger partial charge >= 0.3 is 5.97 Å². The lowest BCUT2D eigenvalue weighted by Gasteiger charge is -2.35. The Morgan fingerprint density at radius 1 is 1.30 bits per heavy atom. The van der Waals surface area contributed by atoms with Crippen molar-refractivity contribution < 1.29 is 14.3 Å². The summed E-state index contributed by atoms with van der Waals surface area (Å²) in [4.78, 5) is 12.0. The van der Waals surface area contributed by atoms with E-state index >= 15 is 0 Å². The minimum atomic E-state index is -0.769. The fourth-order valence-corrected chi connectivity index (χ4v) is 2.96. The summed E-state index contributed by atoms with van der Waals surface area (Å²) in [6.07, 6.45) is 3.64. The van der Waals surface area contributed by atoms with Gasteiger partial charge in [-0.25, -0.2) is 4.79 Å². The summed E-state index contributed by atoms with van der Waals surface area (Å²) in [5, 5.41) is 3.27. The second-order valence-electron chi connectivity index (χ2n) is 6.82. The molecule has 4 nitrogen and oxygen atoms in total. The van der Waals surface area contributed by atoms with Crippen LogP contribution in [0.25, 0.3) is 0 Å². The molecule has 0 radical (unpaired) electrons. The number of rotatable bonds is 6. The number of hydrogen-bond acceptors (Lipinski definition) is 4. The van der Waals surface area contributed by atoms with Crippen molar-refractivity contribution in [3.63, 3.8) is 0 Å². The zero-order valence-electron chi connectivity index (χ0n) is 13.9. The van der Waals surface area contributed by atoms with Crippen LogP contribution in [0.2, 0.25) is 0 Å². The number of carbonyl (C=O) groups is 1. The lowest BCUT2D eigenvalue weighted by atomic mass is 9.80. The highest BCUT2D eigenvalue weighted by Crippen LogP contribution is 2.31. The topological polar surface area (TPSA) is 47.6 Å². The molecule has 4 unspecified atom stereocenters. The maximum absolute atomic E-state index is 12.0. The van der Waals surface area contributed by atoms with Crippen molar-refractivity contribution in [3.05, 3.63) is 0 Å². The van der Waals surface area contributed by atoms with Crippen LogP contribution < -0.4 is 5.32 Å². The van der Waals surface area contributed by atoms with E-state index in [2.05, 4.69) is 19.2 Å². The van der Waals surface area contributed by atoms with Crippen molar-refractivity contribution in [3.8, 4) is 0 Å². The Hall–Kier alpha value is -0.610. The first-order chi connectivity index (χ1) is 9.28. The number of hydrogen-bond donors (Lipinski definition) is 1. The van der Waals surface area contributed by atoms with Crippen molar-refractivity contribution in [2.45, 2.75) is 71.6 Å². The van der Waals surface area contributed by atoms with Crippen molar-refractivity contribution in [1.82, 2.24) is 5.32 Å². The largest absolute Gasteiger partial charge is 0.468 e. The molecule has 1 aliphatic rings. The molecule has 0 aliphatic heterocycles. The highest BCUT2D eigenvalue weighted by molar-refractivity contribution is 5.80. The van der Waals surface area contributed by atoms with Crippen LogP contribution in [0, 0.1) is 11.8 Å². The summed E-state index contributed by atoms with van der Waals surface area (Å²) < 4.78 is 10.9. The summed E-state index contributed by atoms with van der Waals surface area (Å²) in [7, 11) is 1.42. The SMILES string of the molecule is COC(=O)C(C)(COC1CCC(C)C(C)C1)NC(C)C. The van der Waals surface area contributed by atoms with Crippen molar-refractivity contribution in [2.24, 2.45) is 11.8 Å². The molecule has 1 rings (SSSR count). The summed E-state index contributed by atoms with van der Waals surface area (Å²) in [6, 6.07) is 0.202. The molecule has 20 heavy (non-hydrogen) atoms. The Kier molecular flexibility index (Phi) is 6.46. The molecule has 0 saturated heterocycles. The van der Waals surface area contributed by atoms with Gasteiger partial charge in [-0.15, -0.1) is 0 Å². The Morgan fingerprint density at radius 2 is 1.95 bits per heavy atom. The molecule has 0 bridgehead atoms. The summed E-state index contributed by atoms with van der Waals surface area (Å²) in [5.41, 5.74) is -0.769. The number of carbonyl (C=O) groups excluding carboxylic acids is 1. The van der Waals surface area contributed by atoms with Crippen molar-refractivity contribution >= 4 is 5.97 Å². The molecular weight excluding hydrogens is 254 g/mol. The molecule has 4 heteroatoms. The average Bonchev–Trinajstić information content (AvgIpc) is 2.38. The minimum absolute atomic E-state index is 0.202. The molecule has 118 valence electrons. The monoisotopic (exact) mass is 285 g/mol. The van der Waals surface area contributed by atoms with Gasteiger partial charge in [0.1, 0.15) is 5.54 Å². The van der Waals surface area contributed by atoms with Crippen LogP contribution in [0.15, 0.2) is 0 Å². The summed E-state index contributed by atoms with van der Waals surface area (Å²) in [6.45, 7) is 10.8. The average molecular weight is 285 g/mol. The first-order valence-electron chi connectivity index (χ1n) is 7.76. The van der Waals surface area contributed by atoms with Gasteiger partial charge in [-0.1, -0.05) is 13.8 Å². The Bertz CT molecular complexity index is 319. The molecular formula is C16H31NO3. The molecule has 1 aliphatic carbocycles. The van der Waals surface area contributed by atoms with E-state index in [0.717, 1.165) is 18.8 Å². The highest BCUT2D eigenvalue weighted by atomic mass is 16.5. The standard InChI is InChI=1S/C16H31NO3/c1-11(2)17-16(5,15(18)19-6)10-20-14-8-7-12(3)13(4)9-14/h11-14,17H,7-10H2,1-6H3. The zero-order chi connectivity index (χ0) is 15.3. The van der Waals surface area contributed by atoms with E-state index in [1.807, 2.05) is 20.8 Å². The first-order valence-corrected chi connectivity index (χ1v) is 7.76. The lowest BCUT2D eigenvalue weighted by molar-refractivity contribution is -0.152. The second-order valence-corrected chi connectivity index (χ2v) is 6.82. The third-order valence-electron chi connectivity index (χ3n) is 4.40. The molecule has 0 spiro atoms. The minimum Gasteiger partial charge on any atom is -0.468 e. The predicted molar refractivity (Wildman–Crippen MR) is 80.6 cm³/mol. The fourth-order valence-electron chi connectivity index (χ4n) is 2.96. The number of ether oxygens (including phenoxy) is 2. The highest BCUT2D eigenvalue weighted by Gasteiger charge is 2.37. The van der Waals surface area contributed by atoms with Gasteiger partial charge in [0.2, 0.25) is 0 Å². The molecule has 1 N–H and O–H groups in total. The molecule has 1 fully saturated rings. The smallest absolute Gasteiger partial charge is 0.328 e. The van der Waals surface area contributed by atoms with E-state index in [0.29, 0.717) is 12.5 Å². The third kappa shape index (κ3) is 4.74. The molecule has 0 heterocycles. The first kappa shape index (κ1) is 17.4. The molecule has 0 aromatic rings. The predicted octanol–water partition coefficient (Wildman–Crippen LogP) is 2.76. The van der Waals surface area contributed by atoms with Crippen LogP contribution in [0.5, 0.6) is 0 Å². The van der Waals surface area contributed by atoms with Crippen LogP contribution in [0.3, 0.4) is 0 Å². The Morgan fingerprint density at radius 3 is 2.45 bits per heavy atom. The lowest BCUT2D eigenvalue weighted by Crippen LogP contribution is -2.56. The van der Waals surface area contributed by atoms with Crippen molar-refractivity contribution in [1.29, 1.82) is 0 Å². The maximum Gasteiger partial charge on any atom is 0.328 e. The van der Waals surface area contributed by atoms with Crippen LogP contribution >= 0.6 is 0 Å². The molecule has 4 atom stereocenters. The van der Waals surface area contributed by atoms with Gasteiger partial charge < -0.3 is 9.47 Å². The van der Waals surface area contributed by atoms with Gasteiger partial charge in [0, 0.05) is 6.04 Å². The van der Waals surface area contributed by atoms with Crippen LogP contribution in [0.4, 0.5) is 0 Å². The van der Waals surface area contributed by atoms with E-state index in [1.165, 1.54) is 13.5 Å². The second kappa shape index (κ2) is 7.41. The van der Waals surface area contributed by atoms with Crippen LogP contribution in [-0.4, -0.2) is 37.4 Å².